The predicted octanol–water partition coefficient (Wildman–Crippen LogP) is 6.89. The summed E-state index contributed by atoms with van der Waals surface area (Å²) in [6.45, 7) is 1.72. The van der Waals surface area contributed by atoms with E-state index in [4.69, 9.17) is 18.6 Å². The summed E-state index contributed by atoms with van der Waals surface area (Å²) >= 11 is -5.26. The van der Waals surface area contributed by atoms with Gasteiger partial charge in [-0.3, -0.25) is 0 Å². The first-order valence-corrected chi connectivity index (χ1v) is 24.4. The number of carbonyl (C=O) groups is 1. The van der Waals surface area contributed by atoms with Crippen LogP contribution in [0, 0.1) is 0 Å². The van der Waals surface area contributed by atoms with Crippen molar-refractivity contribution in [1.29, 1.82) is 0 Å². The summed E-state index contributed by atoms with van der Waals surface area (Å²) in [6, 6.07) is 43.3. The number of halogens is 2. The van der Waals surface area contributed by atoms with Crippen molar-refractivity contribution in [2.24, 2.45) is 0 Å². The summed E-state index contributed by atoms with van der Waals surface area (Å²) in [7, 11) is 16.5. The first-order valence-electron chi connectivity index (χ1n) is 14.1. The number of amides is 1. The molecule has 1 N–H and O–H groups in total. The third-order valence-corrected chi connectivity index (χ3v) is 32.4. The first kappa shape index (κ1) is 28.2. The second-order valence-electron chi connectivity index (χ2n) is 11.2. The molecule has 0 aliphatic heterocycles. The van der Waals surface area contributed by atoms with Crippen LogP contribution in [0.15, 0.2) is 127 Å². The van der Waals surface area contributed by atoms with E-state index in [1.165, 1.54) is 11.1 Å². The van der Waals surface area contributed by atoms with Gasteiger partial charge >= 0.3 is 254 Å². The minimum atomic E-state index is -5.26. The molecule has 0 saturated heterocycles. The monoisotopic (exact) mass is 628 g/mol. The van der Waals surface area contributed by atoms with Gasteiger partial charge in [-0.1, -0.05) is 0 Å². The molecule has 0 saturated carbocycles. The van der Waals surface area contributed by atoms with E-state index in [2.05, 4.69) is 84.4 Å². The summed E-state index contributed by atoms with van der Waals surface area (Å²) in [4.78, 5) is 14.4. The fraction of sp³-hybridized carbons (Fsp3) is 0.114. The Balaban J connectivity index is 1.63. The molecule has 1 amide bonds. The number of nitrogens with one attached hydrogen (secondary N) is 1. The van der Waals surface area contributed by atoms with E-state index in [1.807, 2.05) is 60.7 Å². The van der Waals surface area contributed by atoms with E-state index >= 15 is 0 Å². The van der Waals surface area contributed by atoms with E-state index in [9.17, 15) is 4.79 Å². The Morgan fingerprint density at radius 3 is 1.93 bits per heavy atom. The minimum absolute atomic E-state index is 0.174. The van der Waals surface area contributed by atoms with Crippen LogP contribution in [0.2, 0.25) is 0 Å². The molecule has 5 aromatic rings. The van der Waals surface area contributed by atoms with Crippen LogP contribution in [0.1, 0.15) is 46.8 Å². The molecule has 0 heterocycles. The molecule has 1 aliphatic carbocycles. The summed E-state index contributed by atoms with van der Waals surface area (Å²) in [6.07, 6.45) is 0.740. The quantitative estimate of drug-likeness (QED) is 0.192. The van der Waals surface area contributed by atoms with Crippen molar-refractivity contribution in [2.75, 3.05) is 0 Å². The molecule has 0 spiro atoms. The Bertz CT molecular complexity index is 1700. The number of hydrogen-bond acceptors (Lipinski definition) is 1. The van der Waals surface area contributed by atoms with Gasteiger partial charge < -0.3 is 0 Å². The SMILES string of the molecule is CC(C)c1ccccc1C(=O)[NH][Ti]([Cl])([Cl])([c]1cccc2c1Cc1ccccc1-2)[SiH](c1ccccc1)c1ccccc1. The maximum absolute atomic E-state index is 14.4. The van der Waals surface area contributed by atoms with Crippen LogP contribution in [0.3, 0.4) is 0 Å². The van der Waals surface area contributed by atoms with Crippen LogP contribution < -0.4 is 18.0 Å². The van der Waals surface area contributed by atoms with E-state index in [0.29, 0.717) is 5.56 Å². The Kier molecular flexibility index (Phi) is 7.61. The molecule has 2 nitrogen and oxygen atoms in total. The van der Waals surface area contributed by atoms with Crippen molar-refractivity contribution in [3.05, 3.63) is 150 Å². The van der Waals surface area contributed by atoms with Gasteiger partial charge in [0.2, 0.25) is 0 Å². The van der Waals surface area contributed by atoms with Gasteiger partial charge in [-0.15, -0.1) is 0 Å². The van der Waals surface area contributed by atoms with Crippen LogP contribution in [-0.4, -0.2) is 12.6 Å². The van der Waals surface area contributed by atoms with Crippen LogP contribution >= 0.6 is 18.6 Å². The molecular formula is C35H32Cl2NOSiTi. The standard InChI is InChI=1S/C13H9.C12H11Si.C10H13NO.2ClH.Ti/c1-3-7-12-10(5-1)9-11-6-2-4-8-13(11)12;1-3-7-11(8-4-1)13-12-9-5-2-6-10-12;1-7(2)8-5-3-4-6-9(8)10(11)12;;;/h1-5,7-8H,9H2;1-10,13H;3-7H,1-2H3,(H2,11,12);2*1H;/q;;;;;+3/p-3. The number of benzene rings is 5. The van der Waals surface area contributed by atoms with Crippen molar-refractivity contribution >= 4 is 45.4 Å². The van der Waals surface area contributed by atoms with Gasteiger partial charge in [0.15, 0.2) is 0 Å². The first-order chi connectivity index (χ1) is 19.8. The fourth-order valence-electron chi connectivity index (χ4n) is 6.43. The Morgan fingerprint density at radius 1 is 0.707 bits per heavy atom. The van der Waals surface area contributed by atoms with Gasteiger partial charge in [-0.05, 0) is 0 Å². The molecule has 5 aromatic carbocycles. The van der Waals surface area contributed by atoms with Crippen molar-refractivity contribution < 1.29 is 17.5 Å². The molecular weight excluding hydrogens is 597 g/mol. The number of fused-ring (bicyclic) bond motifs is 3. The zero-order valence-electron chi connectivity index (χ0n) is 23.2. The van der Waals surface area contributed by atoms with E-state index in [-0.39, 0.29) is 11.8 Å². The summed E-state index contributed by atoms with van der Waals surface area (Å²) in [5.74, 6) is -0.0264. The average molecular weight is 630 g/mol. The molecule has 0 atom stereocenters. The van der Waals surface area contributed by atoms with Crippen LogP contribution in [0.4, 0.5) is 0 Å². The van der Waals surface area contributed by atoms with Gasteiger partial charge in [0.25, 0.3) is 0 Å². The third kappa shape index (κ3) is 5.05. The topological polar surface area (TPSA) is 29.1 Å². The number of rotatable bonds is 7. The molecule has 1 aliphatic rings. The van der Waals surface area contributed by atoms with E-state index < -0.39 is 19.4 Å². The predicted molar refractivity (Wildman–Crippen MR) is 173 cm³/mol. The Hall–Kier alpha value is -2.92. The molecule has 0 radical (unpaired) electrons. The second kappa shape index (κ2) is 11.1. The van der Waals surface area contributed by atoms with Crippen LogP contribution in [0.25, 0.3) is 11.1 Å². The van der Waals surface area contributed by atoms with E-state index in [1.54, 1.807) is 0 Å². The molecule has 41 heavy (non-hydrogen) atoms. The van der Waals surface area contributed by atoms with Crippen molar-refractivity contribution in [3.63, 3.8) is 0 Å². The van der Waals surface area contributed by atoms with Gasteiger partial charge in [0.05, 0.1) is 0 Å². The average Bonchev–Trinajstić information content (AvgIpc) is 3.37. The summed E-state index contributed by atoms with van der Waals surface area (Å²) in [5, 5.41) is 2.23. The van der Waals surface area contributed by atoms with Crippen LogP contribution in [0.5, 0.6) is 0 Å². The zero-order chi connectivity index (χ0) is 28.6. The third-order valence-electron chi connectivity index (χ3n) is 8.29. The van der Waals surface area contributed by atoms with Crippen molar-refractivity contribution in [3.8, 4) is 11.1 Å². The molecule has 6 heteroatoms. The summed E-state index contributed by atoms with van der Waals surface area (Å²) < 4.78 is 4.43. The van der Waals surface area contributed by atoms with Gasteiger partial charge in [-0.2, -0.15) is 0 Å². The van der Waals surface area contributed by atoms with Gasteiger partial charge in [0.1, 0.15) is 0 Å². The van der Waals surface area contributed by atoms with Crippen LogP contribution in [-0.2, 0) is 19.1 Å². The second-order valence-corrected chi connectivity index (χ2v) is 35.8. The fourth-order valence-corrected chi connectivity index (χ4v) is 32.0. The van der Waals surface area contributed by atoms with Crippen molar-refractivity contribution in [2.45, 2.75) is 26.2 Å². The van der Waals surface area contributed by atoms with Gasteiger partial charge in [0, 0.05) is 0 Å². The zero-order valence-corrected chi connectivity index (χ0v) is 27.4. The Labute approximate surface area is 252 Å². The molecule has 6 rings (SSSR count). The molecule has 0 unspecified atom stereocenters. The molecule has 205 valence electrons. The molecule has 0 bridgehead atoms. The molecule has 0 fully saturated rings. The molecule has 0 aromatic heterocycles. The Morgan fingerprint density at radius 2 is 1.27 bits per heavy atom. The normalized spacial score (nSPS) is 13.4. The maximum atomic E-state index is 14.4. The van der Waals surface area contributed by atoms with Crippen molar-refractivity contribution in [1.82, 2.24) is 3.80 Å². The number of hydrogen-bond donors (Lipinski definition) is 1. The summed E-state index contributed by atoms with van der Waals surface area (Å²) in [5.41, 5.74) is 6.37. The van der Waals surface area contributed by atoms with Gasteiger partial charge in [-0.25, -0.2) is 0 Å². The van der Waals surface area contributed by atoms with E-state index in [0.717, 1.165) is 37.4 Å². The number of carbonyl (C=O) groups excluding carboxylic acids is 1.